The lowest BCUT2D eigenvalue weighted by Crippen LogP contribution is -2.35. The molecular formula is C19H23N3O2S2. The maximum absolute atomic E-state index is 12.7. The summed E-state index contributed by atoms with van der Waals surface area (Å²) in [6.07, 6.45) is 2.95. The van der Waals surface area contributed by atoms with Crippen LogP contribution in [0, 0.1) is 6.92 Å². The lowest BCUT2D eigenvalue weighted by atomic mass is 10.2. The summed E-state index contributed by atoms with van der Waals surface area (Å²) < 4.78 is 26.9. The molecule has 2 aromatic rings. The second-order valence-electron chi connectivity index (χ2n) is 6.44. The predicted octanol–water partition coefficient (Wildman–Crippen LogP) is 3.98. The van der Waals surface area contributed by atoms with Crippen LogP contribution in [0.2, 0.25) is 0 Å². The maximum Gasteiger partial charge on any atom is 0.243 e. The van der Waals surface area contributed by atoms with E-state index >= 15 is 0 Å². The van der Waals surface area contributed by atoms with Crippen LogP contribution in [0.1, 0.15) is 24.8 Å². The Hall–Kier alpha value is -1.96. The molecule has 2 N–H and O–H groups in total. The summed E-state index contributed by atoms with van der Waals surface area (Å²) in [5.41, 5.74) is 2.80. The van der Waals surface area contributed by atoms with Gasteiger partial charge in [0.05, 0.1) is 4.90 Å². The summed E-state index contributed by atoms with van der Waals surface area (Å²) in [4.78, 5) is 0.322. The molecule has 7 heteroatoms. The summed E-state index contributed by atoms with van der Waals surface area (Å²) in [6.45, 7) is 3.23. The molecule has 5 nitrogen and oxygen atoms in total. The van der Waals surface area contributed by atoms with Gasteiger partial charge in [-0.1, -0.05) is 18.6 Å². The van der Waals surface area contributed by atoms with Crippen LogP contribution in [-0.4, -0.2) is 30.9 Å². The molecule has 2 aromatic carbocycles. The molecule has 1 aliphatic heterocycles. The number of nitrogens with zero attached hydrogens (tertiary/aromatic N) is 1. The molecule has 3 rings (SSSR count). The van der Waals surface area contributed by atoms with Gasteiger partial charge in [0.1, 0.15) is 0 Å². The third-order valence-corrected chi connectivity index (χ3v) is 6.46. The average Bonchev–Trinajstić information content (AvgIpc) is 2.63. The summed E-state index contributed by atoms with van der Waals surface area (Å²) in [7, 11) is -3.40. The summed E-state index contributed by atoms with van der Waals surface area (Å²) in [5, 5.41) is 6.66. The van der Waals surface area contributed by atoms with Gasteiger partial charge in [-0.2, -0.15) is 4.31 Å². The highest BCUT2D eigenvalue weighted by molar-refractivity contribution is 7.89. The topological polar surface area (TPSA) is 61.4 Å². The van der Waals surface area contributed by atoms with E-state index in [0.29, 0.717) is 23.1 Å². The number of nitrogens with one attached hydrogen (secondary N) is 2. The summed E-state index contributed by atoms with van der Waals surface area (Å²) in [5.74, 6) is 0. The normalized spacial score (nSPS) is 15.4. The molecule has 1 fully saturated rings. The molecule has 1 heterocycles. The second-order valence-corrected chi connectivity index (χ2v) is 8.78. The summed E-state index contributed by atoms with van der Waals surface area (Å²) in [6, 6.07) is 14.6. The molecule has 0 saturated carbocycles. The highest BCUT2D eigenvalue weighted by Crippen LogP contribution is 2.22. The first-order valence-electron chi connectivity index (χ1n) is 8.70. The van der Waals surface area contributed by atoms with Crippen molar-refractivity contribution in [2.24, 2.45) is 0 Å². The third-order valence-electron chi connectivity index (χ3n) is 4.34. The molecule has 1 saturated heterocycles. The van der Waals surface area contributed by atoms with E-state index in [4.69, 9.17) is 12.2 Å². The SMILES string of the molecule is Cc1cccc(NC(=S)Nc2ccc(S(=O)(=O)N3CCCCC3)cc2)c1. The Labute approximate surface area is 160 Å². The first-order valence-corrected chi connectivity index (χ1v) is 10.5. The molecule has 0 radical (unpaired) electrons. The van der Waals surface area contributed by atoms with Gasteiger partial charge in [-0.3, -0.25) is 0 Å². The zero-order valence-corrected chi connectivity index (χ0v) is 16.4. The fourth-order valence-corrected chi connectivity index (χ4v) is 4.73. The van der Waals surface area contributed by atoms with Crippen molar-refractivity contribution in [3.8, 4) is 0 Å². The van der Waals surface area contributed by atoms with Crippen molar-refractivity contribution in [1.29, 1.82) is 0 Å². The fraction of sp³-hybridized carbons (Fsp3) is 0.316. The number of thiocarbonyl (C=S) groups is 1. The fourth-order valence-electron chi connectivity index (χ4n) is 2.98. The van der Waals surface area contributed by atoms with Gasteiger partial charge in [0.2, 0.25) is 10.0 Å². The number of sulfonamides is 1. The minimum Gasteiger partial charge on any atom is -0.332 e. The van der Waals surface area contributed by atoms with Crippen LogP contribution < -0.4 is 10.6 Å². The Bertz CT molecular complexity index is 874. The number of benzene rings is 2. The quantitative estimate of drug-likeness (QED) is 0.775. The van der Waals surface area contributed by atoms with E-state index < -0.39 is 10.0 Å². The van der Waals surface area contributed by atoms with Gasteiger partial charge >= 0.3 is 0 Å². The standard InChI is InChI=1S/C19H23N3O2S2/c1-15-6-5-7-17(14-15)21-19(25)20-16-8-10-18(11-9-16)26(23,24)22-12-3-2-4-13-22/h5-11,14H,2-4,12-13H2,1H3,(H2,20,21,25). The molecule has 0 bridgehead atoms. The Kier molecular flexibility index (Phi) is 5.90. The first kappa shape index (κ1) is 18.8. The predicted molar refractivity (Wildman–Crippen MR) is 110 cm³/mol. The van der Waals surface area contributed by atoms with Crippen molar-refractivity contribution in [3.63, 3.8) is 0 Å². The van der Waals surface area contributed by atoms with Gasteiger partial charge in [0.15, 0.2) is 5.11 Å². The van der Waals surface area contributed by atoms with Crippen molar-refractivity contribution in [2.75, 3.05) is 23.7 Å². The number of aryl methyl sites for hydroxylation is 1. The van der Waals surface area contributed by atoms with Gasteiger partial charge in [-0.25, -0.2) is 8.42 Å². The molecular weight excluding hydrogens is 366 g/mol. The van der Waals surface area contributed by atoms with Crippen LogP contribution in [0.25, 0.3) is 0 Å². The minimum absolute atomic E-state index is 0.322. The maximum atomic E-state index is 12.7. The van der Waals surface area contributed by atoms with Crippen LogP contribution in [0.5, 0.6) is 0 Å². The Morgan fingerprint density at radius 2 is 1.62 bits per heavy atom. The van der Waals surface area contributed by atoms with E-state index in [1.165, 1.54) is 0 Å². The van der Waals surface area contributed by atoms with Gasteiger partial charge < -0.3 is 10.6 Å². The minimum atomic E-state index is -3.40. The Morgan fingerprint density at radius 1 is 0.962 bits per heavy atom. The smallest absolute Gasteiger partial charge is 0.243 e. The average molecular weight is 390 g/mol. The van der Waals surface area contributed by atoms with Crippen LogP contribution >= 0.6 is 12.2 Å². The molecule has 1 aliphatic rings. The first-order chi connectivity index (χ1) is 12.4. The molecule has 0 aliphatic carbocycles. The largest absolute Gasteiger partial charge is 0.332 e. The lowest BCUT2D eigenvalue weighted by Gasteiger charge is -2.25. The van der Waals surface area contributed by atoms with Crippen molar-refractivity contribution in [2.45, 2.75) is 31.1 Å². The summed E-state index contributed by atoms with van der Waals surface area (Å²) >= 11 is 5.32. The second kappa shape index (κ2) is 8.16. The van der Waals surface area contributed by atoms with E-state index in [2.05, 4.69) is 10.6 Å². The molecule has 0 aromatic heterocycles. The van der Waals surface area contributed by atoms with Crippen molar-refractivity contribution in [3.05, 3.63) is 54.1 Å². The number of rotatable bonds is 4. The van der Waals surface area contributed by atoms with Gasteiger partial charge in [-0.15, -0.1) is 0 Å². The molecule has 0 amide bonds. The van der Waals surface area contributed by atoms with Crippen molar-refractivity contribution < 1.29 is 8.42 Å². The van der Waals surface area contributed by atoms with Crippen molar-refractivity contribution >= 4 is 38.7 Å². The number of hydrogen-bond acceptors (Lipinski definition) is 3. The van der Waals surface area contributed by atoms with E-state index in [-0.39, 0.29) is 0 Å². The third kappa shape index (κ3) is 4.60. The Morgan fingerprint density at radius 3 is 2.27 bits per heavy atom. The van der Waals surface area contributed by atoms with E-state index in [1.54, 1.807) is 28.6 Å². The molecule has 0 unspecified atom stereocenters. The number of anilines is 2. The van der Waals surface area contributed by atoms with Crippen molar-refractivity contribution in [1.82, 2.24) is 4.31 Å². The number of piperidine rings is 1. The van der Waals surface area contributed by atoms with Gasteiger partial charge in [-0.05, 0) is 73.9 Å². The zero-order valence-electron chi connectivity index (χ0n) is 14.7. The van der Waals surface area contributed by atoms with Gasteiger partial charge in [0.25, 0.3) is 0 Å². The van der Waals surface area contributed by atoms with E-state index in [1.807, 2.05) is 31.2 Å². The van der Waals surface area contributed by atoms with Crippen LogP contribution in [-0.2, 0) is 10.0 Å². The van der Waals surface area contributed by atoms with Crippen LogP contribution in [0.3, 0.4) is 0 Å². The highest BCUT2D eigenvalue weighted by atomic mass is 32.2. The monoisotopic (exact) mass is 389 g/mol. The lowest BCUT2D eigenvalue weighted by molar-refractivity contribution is 0.346. The molecule has 26 heavy (non-hydrogen) atoms. The number of hydrogen-bond donors (Lipinski definition) is 2. The van der Waals surface area contributed by atoms with Crippen LogP contribution in [0.15, 0.2) is 53.4 Å². The molecule has 138 valence electrons. The van der Waals surface area contributed by atoms with Crippen LogP contribution in [0.4, 0.5) is 11.4 Å². The molecule has 0 atom stereocenters. The van der Waals surface area contributed by atoms with E-state index in [9.17, 15) is 8.42 Å². The highest BCUT2D eigenvalue weighted by Gasteiger charge is 2.25. The van der Waals surface area contributed by atoms with Gasteiger partial charge in [0, 0.05) is 24.5 Å². The molecule has 0 spiro atoms. The zero-order chi connectivity index (χ0) is 18.6. The Balaban J connectivity index is 1.64. The van der Waals surface area contributed by atoms with E-state index in [0.717, 1.165) is 36.2 Å².